The molecule has 2 aromatic heterocycles. The summed E-state index contributed by atoms with van der Waals surface area (Å²) in [5.41, 5.74) is 3.60. The van der Waals surface area contributed by atoms with Crippen LogP contribution in [0, 0.1) is 0 Å². The number of aromatic nitrogens is 3. The minimum absolute atomic E-state index is 0.563. The Balaban J connectivity index is 1.77. The van der Waals surface area contributed by atoms with Gasteiger partial charge in [0, 0.05) is 16.1 Å². The summed E-state index contributed by atoms with van der Waals surface area (Å²) < 4.78 is 8.11. The van der Waals surface area contributed by atoms with E-state index in [4.69, 9.17) is 21.0 Å². The van der Waals surface area contributed by atoms with E-state index in [9.17, 15) is 0 Å². The molecule has 0 fully saturated rings. The number of hydrogen-bond donors (Lipinski definition) is 0. The number of oxazole rings is 1. The number of benzene rings is 3. The second-order valence-electron chi connectivity index (χ2n) is 6.15. The number of halogens is 1. The Hall–Kier alpha value is -3.37. The molecule has 27 heavy (non-hydrogen) atoms. The van der Waals surface area contributed by atoms with E-state index in [2.05, 4.69) is 4.98 Å². The number of hydrogen-bond acceptors (Lipinski definition) is 3. The first kappa shape index (κ1) is 15.9. The number of nitrogens with zero attached hydrogens (tertiary/aromatic N) is 3. The van der Waals surface area contributed by atoms with Crippen LogP contribution in [0.25, 0.3) is 39.6 Å². The van der Waals surface area contributed by atoms with E-state index in [-0.39, 0.29) is 0 Å². The van der Waals surface area contributed by atoms with E-state index in [1.165, 1.54) is 0 Å². The molecule has 0 amide bonds. The summed E-state index contributed by atoms with van der Waals surface area (Å²) in [5, 5.41) is 0.650. The third kappa shape index (κ3) is 2.80. The molecule has 3 aromatic carbocycles. The minimum Gasteiger partial charge on any atom is -0.434 e. The minimum atomic E-state index is 0.563. The summed E-state index contributed by atoms with van der Waals surface area (Å²) in [6.07, 6.45) is 1.75. The van der Waals surface area contributed by atoms with Crippen LogP contribution < -0.4 is 0 Å². The van der Waals surface area contributed by atoms with Crippen molar-refractivity contribution < 1.29 is 4.42 Å². The van der Waals surface area contributed by atoms with Crippen molar-refractivity contribution in [3.63, 3.8) is 0 Å². The van der Waals surface area contributed by atoms with Crippen molar-refractivity contribution in [1.29, 1.82) is 0 Å². The molecular weight excluding hydrogens is 358 g/mol. The van der Waals surface area contributed by atoms with E-state index in [0.29, 0.717) is 22.5 Å². The zero-order valence-electron chi connectivity index (χ0n) is 14.2. The van der Waals surface area contributed by atoms with Gasteiger partial charge in [-0.25, -0.2) is 4.98 Å². The van der Waals surface area contributed by atoms with Gasteiger partial charge in [-0.2, -0.15) is 4.98 Å². The molecule has 0 radical (unpaired) electrons. The fraction of sp³-hybridized carbons (Fsp3) is 0. The maximum absolute atomic E-state index is 6.21. The SMILES string of the molecule is Clc1ccc2ncn(-c3nc(-c4ccccc4)oc3-c3ccccc3)c2c1. The summed E-state index contributed by atoms with van der Waals surface area (Å²) in [6, 6.07) is 25.4. The van der Waals surface area contributed by atoms with Crippen molar-refractivity contribution in [1.82, 2.24) is 14.5 Å². The van der Waals surface area contributed by atoms with E-state index >= 15 is 0 Å². The Morgan fingerprint density at radius 2 is 1.52 bits per heavy atom. The van der Waals surface area contributed by atoms with Crippen LogP contribution in [0.15, 0.2) is 89.6 Å². The van der Waals surface area contributed by atoms with Crippen molar-refractivity contribution in [2.45, 2.75) is 0 Å². The lowest BCUT2D eigenvalue weighted by atomic mass is 10.2. The molecule has 0 unspecified atom stereocenters. The van der Waals surface area contributed by atoms with Gasteiger partial charge in [0.2, 0.25) is 5.89 Å². The standard InChI is InChI=1S/C22H14ClN3O/c23-17-11-12-18-19(13-17)26(14-24-18)21-20(15-7-3-1-4-8-15)27-22(25-21)16-9-5-2-6-10-16/h1-14H. The first-order chi connectivity index (χ1) is 13.3. The molecule has 5 heteroatoms. The number of fused-ring (bicyclic) bond motifs is 1. The fourth-order valence-corrected chi connectivity index (χ4v) is 3.27. The molecule has 2 heterocycles. The highest BCUT2D eigenvalue weighted by molar-refractivity contribution is 6.31. The van der Waals surface area contributed by atoms with Crippen LogP contribution >= 0.6 is 11.6 Å². The lowest BCUT2D eigenvalue weighted by Crippen LogP contribution is -1.95. The maximum Gasteiger partial charge on any atom is 0.228 e. The summed E-state index contributed by atoms with van der Waals surface area (Å²) in [6.45, 7) is 0. The molecule has 4 nitrogen and oxygen atoms in total. The van der Waals surface area contributed by atoms with Crippen LogP contribution in [0.4, 0.5) is 0 Å². The summed E-state index contributed by atoms with van der Waals surface area (Å²) in [5.74, 6) is 1.94. The molecule has 0 bridgehead atoms. The Labute approximate surface area is 160 Å². The van der Waals surface area contributed by atoms with Gasteiger partial charge in [-0.15, -0.1) is 0 Å². The van der Waals surface area contributed by atoms with Gasteiger partial charge in [-0.1, -0.05) is 60.1 Å². The molecule has 0 saturated carbocycles. The van der Waals surface area contributed by atoms with E-state index in [1.807, 2.05) is 83.4 Å². The predicted molar refractivity (Wildman–Crippen MR) is 107 cm³/mol. The molecule has 0 aliphatic rings. The second kappa shape index (κ2) is 6.41. The Morgan fingerprint density at radius 1 is 0.815 bits per heavy atom. The smallest absolute Gasteiger partial charge is 0.228 e. The molecule has 0 atom stereocenters. The normalized spacial score (nSPS) is 11.1. The fourth-order valence-electron chi connectivity index (χ4n) is 3.11. The quantitative estimate of drug-likeness (QED) is 0.390. The largest absolute Gasteiger partial charge is 0.434 e. The average molecular weight is 372 g/mol. The maximum atomic E-state index is 6.21. The highest BCUT2D eigenvalue weighted by atomic mass is 35.5. The lowest BCUT2D eigenvalue weighted by Gasteiger charge is -2.03. The Bertz CT molecular complexity index is 1230. The zero-order chi connectivity index (χ0) is 18.2. The van der Waals surface area contributed by atoms with Crippen LogP contribution in [0.1, 0.15) is 0 Å². The summed E-state index contributed by atoms with van der Waals surface area (Å²) in [7, 11) is 0. The molecule has 0 saturated heterocycles. The first-order valence-corrected chi connectivity index (χ1v) is 8.92. The topological polar surface area (TPSA) is 43.9 Å². The summed E-state index contributed by atoms with van der Waals surface area (Å²) >= 11 is 6.21. The molecule has 0 aliphatic carbocycles. The molecule has 130 valence electrons. The molecule has 0 aliphatic heterocycles. The molecule has 0 spiro atoms. The van der Waals surface area contributed by atoms with Crippen LogP contribution in [0.5, 0.6) is 0 Å². The van der Waals surface area contributed by atoms with Crippen molar-refractivity contribution >= 4 is 22.6 Å². The van der Waals surface area contributed by atoms with Crippen LogP contribution in [0.2, 0.25) is 5.02 Å². The first-order valence-electron chi connectivity index (χ1n) is 8.54. The second-order valence-corrected chi connectivity index (χ2v) is 6.59. The number of rotatable bonds is 3. The average Bonchev–Trinajstić information content (AvgIpc) is 3.33. The highest BCUT2D eigenvalue weighted by Gasteiger charge is 2.19. The van der Waals surface area contributed by atoms with Crippen LogP contribution in [0.3, 0.4) is 0 Å². The van der Waals surface area contributed by atoms with Gasteiger partial charge in [-0.05, 0) is 30.3 Å². The zero-order valence-corrected chi connectivity index (χ0v) is 15.0. The van der Waals surface area contributed by atoms with Crippen LogP contribution in [-0.4, -0.2) is 14.5 Å². The van der Waals surface area contributed by atoms with Gasteiger partial charge in [0.15, 0.2) is 11.6 Å². The molecule has 0 N–H and O–H groups in total. The Morgan fingerprint density at radius 3 is 2.26 bits per heavy atom. The van der Waals surface area contributed by atoms with Gasteiger partial charge in [0.1, 0.15) is 6.33 Å². The van der Waals surface area contributed by atoms with Crippen molar-refractivity contribution in [2.75, 3.05) is 0 Å². The van der Waals surface area contributed by atoms with Gasteiger partial charge >= 0.3 is 0 Å². The van der Waals surface area contributed by atoms with Gasteiger partial charge in [-0.3, -0.25) is 4.57 Å². The molecular formula is C22H14ClN3O. The van der Waals surface area contributed by atoms with Gasteiger partial charge in [0.25, 0.3) is 0 Å². The van der Waals surface area contributed by atoms with E-state index in [0.717, 1.165) is 22.2 Å². The Kier molecular flexibility index (Phi) is 3.77. The lowest BCUT2D eigenvalue weighted by molar-refractivity contribution is 0.588. The highest BCUT2D eigenvalue weighted by Crippen LogP contribution is 2.33. The third-order valence-corrected chi connectivity index (χ3v) is 4.64. The summed E-state index contributed by atoms with van der Waals surface area (Å²) in [4.78, 5) is 9.27. The third-order valence-electron chi connectivity index (χ3n) is 4.40. The van der Waals surface area contributed by atoms with Crippen molar-refractivity contribution in [2.24, 2.45) is 0 Å². The predicted octanol–water partition coefficient (Wildman–Crippen LogP) is 6.00. The van der Waals surface area contributed by atoms with Crippen molar-refractivity contribution in [3.05, 3.63) is 90.2 Å². The molecule has 5 rings (SSSR count). The van der Waals surface area contributed by atoms with E-state index < -0.39 is 0 Å². The van der Waals surface area contributed by atoms with Gasteiger partial charge < -0.3 is 4.42 Å². The monoisotopic (exact) mass is 371 g/mol. The van der Waals surface area contributed by atoms with Crippen LogP contribution in [-0.2, 0) is 0 Å². The van der Waals surface area contributed by atoms with E-state index in [1.54, 1.807) is 6.33 Å². The number of imidazole rings is 1. The van der Waals surface area contributed by atoms with Gasteiger partial charge in [0.05, 0.1) is 11.0 Å². The van der Waals surface area contributed by atoms with Crippen molar-refractivity contribution in [3.8, 4) is 28.6 Å². The molecule has 5 aromatic rings.